The number of aromatic nitrogens is 1. The molecule has 1 aliphatic rings. The maximum absolute atomic E-state index is 13.3. The van der Waals surface area contributed by atoms with Gasteiger partial charge in [0, 0.05) is 35.9 Å². The van der Waals surface area contributed by atoms with Crippen LogP contribution in [-0.2, 0) is 4.79 Å². The second kappa shape index (κ2) is 10.9. The summed E-state index contributed by atoms with van der Waals surface area (Å²) in [6, 6.07) is 10.5. The molecule has 1 fully saturated rings. The molecule has 4 rings (SSSR count). The molecule has 0 bridgehead atoms. The van der Waals surface area contributed by atoms with E-state index in [1.807, 2.05) is 24.3 Å². The predicted molar refractivity (Wildman–Crippen MR) is 126 cm³/mol. The normalized spacial score (nSPS) is 15.9. The van der Waals surface area contributed by atoms with E-state index >= 15 is 0 Å². The lowest BCUT2D eigenvalue weighted by Crippen LogP contribution is -2.45. The van der Waals surface area contributed by atoms with Crippen LogP contribution in [0.1, 0.15) is 24.5 Å². The number of nitrogens with zero attached hydrogens (tertiary/aromatic N) is 2. The van der Waals surface area contributed by atoms with Crippen LogP contribution in [0, 0.1) is 11.6 Å². The Morgan fingerprint density at radius 1 is 1.18 bits per heavy atom. The first-order valence-corrected chi connectivity index (χ1v) is 11.2. The Balaban J connectivity index is 1.25. The number of carbonyl (C=O) groups is 1. The molecular weight excluding hydrogens is 442 g/mol. The standard InChI is InChI=1S/C25H28F2N4O3/c1-34-20-2-3-23-22(13-20)21(4-7-28-23)24(32)15-31-8-5-18(6-9-31)29-14-25(33)30-19-11-16(26)10-17(27)12-19/h2-4,7,10-13,18,24,29,32H,5-6,8-9,14-15H2,1H3,(H,30,33)/t24-/m0/s1. The number of rotatable bonds is 8. The number of benzene rings is 2. The summed E-state index contributed by atoms with van der Waals surface area (Å²) in [5.41, 5.74) is 1.71. The highest BCUT2D eigenvalue weighted by molar-refractivity contribution is 5.92. The molecule has 34 heavy (non-hydrogen) atoms. The number of piperidine rings is 1. The van der Waals surface area contributed by atoms with Crippen LogP contribution in [0.5, 0.6) is 5.75 Å². The van der Waals surface area contributed by atoms with Gasteiger partial charge in [0.1, 0.15) is 17.4 Å². The topological polar surface area (TPSA) is 86.7 Å². The average molecular weight is 471 g/mol. The van der Waals surface area contributed by atoms with Crippen LogP contribution in [0.15, 0.2) is 48.7 Å². The highest BCUT2D eigenvalue weighted by Crippen LogP contribution is 2.27. The van der Waals surface area contributed by atoms with Crippen LogP contribution >= 0.6 is 0 Å². The van der Waals surface area contributed by atoms with Gasteiger partial charge >= 0.3 is 0 Å². The molecule has 9 heteroatoms. The van der Waals surface area contributed by atoms with Gasteiger partial charge in [0.2, 0.25) is 5.91 Å². The molecule has 1 atom stereocenters. The Kier molecular flexibility index (Phi) is 7.66. The van der Waals surface area contributed by atoms with Crippen molar-refractivity contribution < 1.29 is 23.4 Å². The molecule has 1 aromatic heterocycles. The number of nitrogens with one attached hydrogen (secondary N) is 2. The Morgan fingerprint density at radius 3 is 2.62 bits per heavy atom. The number of aliphatic hydroxyl groups is 1. The highest BCUT2D eigenvalue weighted by atomic mass is 19.1. The number of methoxy groups -OCH3 is 1. The predicted octanol–water partition coefficient (Wildman–Crippen LogP) is 3.25. The molecule has 0 radical (unpaired) electrons. The number of amides is 1. The summed E-state index contributed by atoms with van der Waals surface area (Å²) in [6.07, 6.45) is 2.67. The fourth-order valence-corrected chi connectivity index (χ4v) is 4.29. The van der Waals surface area contributed by atoms with Crippen molar-refractivity contribution in [2.75, 3.05) is 38.6 Å². The number of aliphatic hydroxyl groups excluding tert-OH is 1. The molecule has 1 aliphatic heterocycles. The molecule has 0 aliphatic carbocycles. The summed E-state index contributed by atoms with van der Waals surface area (Å²) < 4.78 is 31.8. The van der Waals surface area contributed by atoms with Gasteiger partial charge in [-0.05, 0) is 67.9 Å². The summed E-state index contributed by atoms with van der Waals surface area (Å²) in [4.78, 5) is 18.7. The number of β-amino-alcohol motifs (C(OH)–C–C–N with tert-alkyl or cyclic N) is 1. The van der Waals surface area contributed by atoms with E-state index in [0.717, 1.165) is 60.6 Å². The molecule has 1 amide bonds. The number of hydrogen-bond acceptors (Lipinski definition) is 6. The van der Waals surface area contributed by atoms with Crippen LogP contribution in [0.2, 0.25) is 0 Å². The lowest BCUT2D eigenvalue weighted by molar-refractivity contribution is -0.115. The highest BCUT2D eigenvalue weighted by Gasteiger charge is 2.23. The van der Waals surface area contributed by atoms with Gasteiger partial charge in [-0.15, -0.1) is 0 Å². The van der Waals surface area contributed by atoms with Crippen LogP contribution < -0.4 is 15.4 Å². The minimum atomic E-state index is -0.739. The third-order valence-corrected chi connectivity index (χ3v) is 6.06. The third-order valence-electron chi connectivity index (χ3n) is 6.06. The van der Waals surface area contributed by atoms with E-state index < -0.39 is 17.7 Å². The molecule has 0 saturated carbocycles. The van der Waals surface area contributed by atoms with E-state index in [1.165, 1.54) is 0 Å². The first-order chi connectivity index (χ1) is 16.4. The fourth-order valence-electron chi connectivity index (χ4n) is 4.29. The number of carbonyl (C=O) groups excluding carboxylic acids is 1. The number of halogens is 2. The largest absolute Gasteiger partial charge is 0.497 e. The number of likely N-dealkylation sites (tertiary alicyclic amines) is 1. The van der Waals surface area contributed by atoms with Gasteiger partial charge in [-0.2, -0.15) is 0 Å². The average Bonchev–Trinajstić information content (AvgIpc) is 2.82. The lowest BCUT2D eigenvalue weighted by atomic mass is 10.0. The van der Waals surface area contributed by atoms with Crippen molar-refractivity contribution in [3.8, 4) is 5.75 Å². The van der Waals surface area contributed by atoms with Crippen molar-refractivity contribution in [1.82, 2.24) is 15.2 Å². The molecular formula is C25H28F2N4O3. The summed E-state index contributed by atoms with van der Waals surface area (Å²) in [7, 11) is 1.61. The van der Waals surface area contributed by atoms with Crippen molar-refractivity contribution in [3.05, 3.63) is 65.9 Å². The van der Waals surface area contributed by atoms with Crippen molar-refractivity contribution in [2.24, 2.45) is 0 Å². The maximum Gasteiger partial charge on any atom is 0.238 e. The number of hydrogen-bond donors (Lipinski definition) is 3. The molecule has 0 unspecified atom stereocenters. The van der Waals surface area contributed by atoms with Crippen molar-refractivity contribution in [1.29, 1.82) is 0 Å². The molecule has 0 spiro atoms. The summed E-state index contributed by atoms with van der Waals surface area (Å²) >= 11 is 0. The fraction of sp³-hybridized carbons (Fsp3) is 0.360. The zero-order valence-corrected chi connectivity index (χ0v) is 18.9. The Morgan fingerprint density at radius 2 is 1.91 bits per heavy atom. The molecule has 2 aromatic carbocycles. The molecule has 7 nitrogen and oxygen atoms in total. The monoisotopic (exact) mass is 470 g/mol. The zero-order valence-electron chi connectivity index (χ0n) is 18.9. The third kappa shape index (κ3) is 6.05. The SMILES string of the molecule is COc1ccc2nccc([C@@H](O)CN3CCC(NCC(=O)Nc4cc(F)cc(F)c4)CC3)c2c1. The first kappa shape index (κ1) is 24.0. The van der Waals surface area contributed by atoms with Gasteiger partial charge in [-0.1, -0.05) is 0 Å². The molecule has 1 saturated heterocycles. The Labute approximate surface area is 196 Å². The van der Waals surface area contributed by atoms with Crippen LogP contribution in [-0.4, -0.2) is 60.2 Å². The number of ether oxygens (including phenoxy) is 1. The summed E-state index contributed by atoms with van der Waals surface area (Å²) in [5, 5.41) is 17.5. The molecule has 180 valence electrons. The van der Waals surface area contributed by atoms with Crippen molar-refractivity contribution >= 4 is 22.5 Å². The van der Waals surface area contributed by atoms with Crippen molar-refractivity contribution in [2.45, 2.75) is 25.0 Å². The van der Waals surface area contributed by atoms with Gasteiger partial charge in [-0.25, -0.2) is 8.78 Å². The van der Waals surface area contributed by atoms with Gasteiger partial charge < -0.3 is 25.4 Å². The Bertz CT molecular complexity index is 1130. The molecule has 3 N–H and O–H groups in total. The van der Waals surface area contributed by atoms with Gasteiger partial charge in [0.15, 0.2) is 0 Å². The summed E-state index contributed by atoms with van der Waals surface area (Å²) in [5.74, 6) is -1.12. The van der Waals surface area contributed by atoms with E-state index in [9.17, 15) is 18.7 Å². The Hall–Kier alpha value is -3.14. The van der Waals surface area contributed by atoms with Crippen LogP contribution in [0.25, 0.3) is 10.9 Å². The second-order valence-electron chi connectivity index (χ2n) is 8.46. The molecule has 2 heterocycles. The van der Waals surface area contributed by atoms with E-state index in [1.54, 1.807) is 13.3 Å². The number of pyridine rings is 1. The van der Waals surface area contributed by atoms with Crippen LogP contribution in [0.3, 0.4) is 0 Å². The van der Waals surface area contributed by atoms with Crippen molar-refractivity contribution in [3.63, 3.8) is 0 Å². The number of anilines is 1. The smallest absolute Gasteiger partial charge is 0.238 e. The van der Waals surface area contributed by atoms with Crippen LogP contribution in [0.4, 0.5) is 14.5 Å². The maximum atomic E-state index is 13.3. The zero-order chi connectivity index (χ0) is 24.1. The second-order valence-corrected chi connectivity index (χ2v) is 8.46. The quantitative estimate of drug-likeness (QED) is 0.469. The van der Waals surface area contributed by atoms with E-state index in [2.05, 4.69) is 20.5 Å². The van der Waals surface area contributed by atoms with Gasteiger partial charge in [0.05, 0.1) is 25.3 Å². The number of fused-ring (bicyclic) bond motifs is 1. The first-order valence-electron chi connectivity index (χ1n) is 11.2. The minimum absolute atomic E-state index is 0.0518. The van der Waals surface area contributed by atoms with E-state index in [-0.39, 0.29) is 24.2 Å². The lowest BCUT2D eigenvalue weighted by Gasteiger charge is -2.33. The summed E-state index contributed by atoms with van der Waals surface area (Å²) in [6.45, 7) is 2.10. The van der Waals surface area contributed by atoms with Gasteiger partial charge in [-0.3, -0.25) is 9.78 Å². The van der Waals surface area contributed by atoms with E-state index in [0.29, 0.717) is 12.3 Å². The van der Waals surface area contributed by atoms with E-state index in [4.69, 9.17) is 4.74 Å². The van der Waals surface area contributed by atoms with Gasteiger partial charge in [0.25, 0.3) is 0 Å². The minimum Gasteiger partial charge on any atom is -0.497 e. The molecule has 3 aromatic rings.